The van der Waals surface area contributed by atoms with Crippen molar-refractivity contribution in [2.24, 2.45) is 34.5 Å². The lowest BCUT2D eigenvalue weighted by Crippen LogP contribution is -2.61. The zero-order valence-corrected chi connectivity index (χ0v) is 27.4. The van der Waals surface area contributed by atoms with Crippen LogP contribution in [-0.2, 0) is 33.4 Å². The number of ether oxygens (including phenoxy) is 2. The summed E-state index contributed by atoms with van der Waals surface area (Å²) in [7, 11) is 0. The van der Waals surface area contributed by atoms with Crippen LogP contribution in [0.25, 0.3) is 0 Å². The molecule has 3 saturated carbocycles. The van der Waals surface area contributed by atoms with Gasteiger partial charge < -0.3 is 30.1 Å². The van der Waals surface area contributed by atoms with Gasteiger partial charge in [0, 0.05) is 35.8 Å². The molecule has 0 bridgehead atoms. The first-order valence-electron chi connectivity index (χ1n) is 16.7. The maximum absolute atomic E-state index is 13.5. The molecule has 0 spiro atoms. The summed E-state index contributed by atoms with van der Waals surface area (Å²) < 4.78 is 11.0. The molecule has 0 aromatic rings. The van der Waals surface area contributed by atoms with E-state index >= 15 is 0 Å². The Morgan fingerprint density at radius 3 is 2.52 bits per heavy atom. The molecule has 1 amide bonds. The van der Waals surface area contributed by atoms with E-state index in [1.54, 1.807) is 12.2 Å². The highest BCUT2D eigenvalue weighted by Gasteiger charge is 2.68. The van der Waals surface area contributed by atoms with Crippen molar-refractivity contribution in [2.45, 2.75) is 115 Å². The van der Waals surface area contributed by atoms with Crippen molar-refractivity contribution in [3.63, 3.8) is 0 Å². The van der Waals surface area contributed by atoms with Gasteiger partial charge in [0.25, 0.3) is 0 Å². The minimum Gasteiger partial charge on any atom is -0.481 e. The SMILES string of the molecule is CC1(C)CC(C(CC(=O)O)NC(=O)CCC(=O)OCC(=O)C2(O)CCC3C4CCC5=CC(=O)C=CC5(C)C4C(O)CC32C)CCO1. The normalized spacial score (nSPS) is 38.4. The number of amides is 1. The topological polar surface area (TPSA) is 177 Å². The Morgan fingerprint density at radius 1 is 1.09 bits per heavy atom. The molecule has 1 saturated heterocycles. The number of fused-ring (bicyclic) bond motifs is 5. The van der Waals surface area contributed by atoms with Crippen LogP contribution < -0.4 is 5.32 Å². The lowest BCUT2D eigenvalue weighted by molar-refractivity contribution is -0.181. The zero-order valence-electron chi connectivity index (χ0n) is 27.4. The van der Waals surface area contributed by atoms with Crippen molar-refractivity contribution in [1.29, 1.82) is 0 Å². The van der Waals surface area contributed by atoms with E-state index in [-0.39, 0.29) is 61.6 Å². The molecule has 1 aliphatic heterocycles. The summed E-state index contributed by atoms with van der Waals surface area (Å²) in [6, 6.07) is -0.604. The number of hydrogen-bond acceptors (Lipinski definition) is 9. The average Bonchev–Trinajstić information content (AvgIpc) is 3.24. The highest BCUT2D eigenvalue weighted by Crippen LogP contribution is 2.67. The van der Waals surface area contributed by atoms with Crippen LogP contribution >= 0.6 is 0 Å². The van der Waals surface area contributed by atoms with Gasteiger partial charge in [0.1, 0.15) is 5.60 Å². The van der Waals surface area contributed by atoms with Crippen LogP contribution in [0.15, 0.2) is 23.8 Å². The van der Waals surface area contributed by atoms with E-state index in [1.165, 1.54) is 0 Å². The number of allylic oxidation sites excluding steroid dienone is 4. The van der Waals surface area contributed by atoms with Gasteiger partial charge in [0.15, 0.2) is 12.4 Å². The predicted molar refractivity (Wildman–Crippen MR) is 165 cm³/mol. The molecule has 11 nitrogen and oxygen atoms in total. The minimum absolute atomic E-state index is 0.0290. The molecular formula is C35H49NO10. The first kappa shape index (κ1) is 34.4. The molecule has 4 N–H and O–H groups in total. The van der Waals surface area contributed by atoms with Crippen LogP contribution in [0.3, 0.4) is 0 Å². The molecule has 254 valence electrons. The second-order valence-corrected chi connectivity index (χ2v) is 15.3. The third-order valence-corrected chi connectivity index (χ3v) is 12.1. The Balaban J connectivity index is 1.16. The van der Waals surface area contributed by atoms with Crippen LogP contribution in [0.4, 0.5) is 0 Å². The Hall–Kier alpha value is -2.89. The number of nitrogens with one attached hydrogen (secondary N) is 1. The first-order chi connectivity index (χ1) is 21.5. The third-order valence-electron chi connectivity index (χ3n) is 12.1. The van der Waals surface area contributed by atoms with Gasteiger partial charge in [-0.3, -0.25) is 24.0 Å². The molecule has 0 radical (unpaired) electrons. The Labute approximate surface area is 270 Å². The quantitative estimate of drug-likeness (QED) is 0.259. The Morgan fingerprint density at radius 2 is 1.83 bits per heavy atom. The van der Waals surface area contributed by atoms with Gasteiger partial charge in [-0.2, -0.15) is 0 Å². The number of carboxylic acid groups (broad SMARTS) is 1. The van der Waals surface area contributed by atoms with Crippen LogP contribution in [-0.4, -0.2) is 81.3 Å². The van der Waals surface area contributed by atoms with Crippen molar-refractivity contribution in [1.82, 2.24) is 5.32 Å². The van der Waals surface area contributed by atoms with Crippen molar-refractivity contribution < 1.29 is 48.8 Å². The van der Waals surface area contributed by atoms with Crippen molar-refractivity contribution in [3.8, 4) is 0 Å². The zero-order chi connectivity index (χ0) is 33.7. The summed E-state index contributed by atoms with van der Waals surface area (Å²) in [5, 5.41) is 35.6. The predicted octanol–water partition coefficient (Wildman–Crippen LogP) is 3.05. The molecule has 46 heavy (non-hydrogen) atoms. The van der Waals surface area contributed by atoms with E-state index in [0.29, 0.717) is 32.3 Å². The fourth-order valence-corrected chi connectivity index (χ4v) is 9.77. The van der Waals surface area contributed by atoms with E-state index in [4.69, 9.17) is 9.47 Å². The summed E-state index contributed by atoms with van der Waals surface area (Å²) >= 11 is 0. The van der Waals surface area contributed by atoms with Crippen LogP contribution in [0, 0.1) is 34.5 Å². The summed E-state index contributed by atoms with van der Waals surface area (Å²) in [6.07, 6.45) is 7.28. The van der Waals surface area contributed by atoms with E-state index in [0.717, 1.165) is 12.0 Å². The lowest BCUT2D eigenvalue weighted by atomic mass is 9.46. The summed E-state index contributed by atoms with van der Waals surface area (Å²) in [6.45, 7) is 7.59. The molecule has 4 aliphatic carbocycles. The molecule has 0 aromatic carbocycles. The number of Topliss-reactive ketones (excluding diaryl/α,β-unsaturated/α-hetero) is 1. The maximum atomic E-state index is 13.5. The van der Waals surface area contributed by atoms with Crippen LogP contribution in [0.5, 0.6) is 0 Å². The number of aliphatic hydroxyl groups excluding tert-OH is 1. The van der Waals surface area contributed by atoms with E-state index in [2.05, 4.69) is 12.2 Å². The number of aliphatic hydroxyl groups is 2. The Kier molecular flexibility index (Phi) is 9.45. The molecule has 4 fully saturated rings. The van der Waals surface area contributed by atoms with Crippen LogP contribution in [0.1, 0.15) is 91.9 Å². The number of aliphatic carboxylic acids is 1. The fourth-order valence-electron chi connectivity index (χ4n) is 9.77. The lowest BCUT2D eigenvalue weighted by Gasteiger charge is -2.59. The van der Waals surface area contributed by atoms with Gasteiger partial charge in [-0.15, -0.1) is 0 Å². The van der Waals surface area contributed by atoms with Gasteiger partial charge in [-0.05, 0) is 88.7 Å². The second kappa shape index (κ2) is 12.6. The van der Waals surface area contributed by atoms with E-state index < -0.39 is 64.4 Å². The van der Waals surface area contributed by atoms with Crippen LogP contribution in [0.2, 0.25) is 0 Å². The summed E-state index contributed by atoms with van der Waals surface area (Å²) in [5.41, 5.74) is -2.56. The molecule has 0 aromatic heterocycles. The molecule has 1 heterocycles. The largest absolute Gasteiger partial charge is 0.481 e. The van der Waals surface area contributed by atoms with Crippen molar-refractivity contribution in [2.75, 3.05) is 13.2 Å². The van der Waals surface area contributed by atoms with Gasteiger partial charge >= 0.3 is 11.9 Å². The van der Waals surface area contributed by atoms with Gasteiger partial charge in [0.05, 0.1) is 24.5 Å². The number of rotatable bonds is 10. The van der Waals surface area contributed by atoms with E-state index in [1.807, 2.05) is 26.8 Å². The smallest absolute Gasteiger partial charge is 0.306 e. The third kappa shape index (κ3) is 6.34. The standard InChI is InChI=1S/C35H49NO10/c1-32(2)17-20(11-14-46-32)25(16-29(41)42)36-28(40)7-8-30(43)45-19-27(39)35(44)13-10-24-23-6-5-21-15-22(37)9-12-33(21,3)31(23)26(38)18-34(24,35)4/h9,12,15,20,23-26,31,38,44H,5-8,10-11,13-14,16-19H2,1-4H3,(H,36,40)(H,41,42). The van der Waals surface area contributed by atoms with Crippen molar-refractivity contribution in [3.05, 3.63) is 23.8 Å². The van der Waals surface area contributed by atoms with E-state index in [9.17, 15) is 39.3 Å². The summed E-state index contributed by atoms with van der Waals surface area (Å²) in [5.74, 6) is -3.14. The Bertz CT molecular complexity index is 1340. The fraction of sp³-hybridized carbons (Fsp3) is 0.743. The average molecular weight is 644 g/mol. The molecule has 9 unspecified atom stereocenters. The number of hydrogen-bond donors (Lipinski definition) is 4. The second-order valence-electron chi connectivity index (χ2n) is 15.3. The maximum Gasteiger partial charge on any atom is 0.306 e. The number of ketones is 2. The number of carbonyl (C=O) groups is 5. The highest BCUT2D eigenvalue weighted by atomic mass is 16.5. The number of esters is 1. The number of carboxylic acids is 1. The molecule has 5 rings (SSSR count). The highest BCUT2D eigenvalue weighted by molar-refractivity contribution is 6.01. The molecule has 11 heteroatoms. The molecular weight excluding hydrogens is 594 g/mol. The van der Waals surface area contributed by atoms with Crippen molar-refractivity contribution >= 4 is 29.4 Å². The monoisotopic (exact) mass is 643 g/mol. The minimum atomic E-state index is -1.78. The summed E-state index contributed by atoms with van der Waals surface area (Å²) in [4.78, 5) is 62.4. The number of carbonyl (C=O) groups excluding carboxylic acids is 4. The van der Waals surface area contributed by atoms with Gasteiger partial charge in [0.2, 0.25) is 11.7 Å². The first-order valence-corrected chi connectivity index (χ1v) is 16.7. The molecule has 5 aliphatic rings. The van der Waals surface area contributed by atoms with Gasteiger partial charge in [-0.25, -0.2) is 0 Å². The van der Waals surface area contributed by atoms with Gasteiger partial charge in [-0.1, -0.05) is 25.5 Å². The molecule has 9 atom stereocenters.